The first-order chi connectivity index (χ1) is 14.0. The smallest absolute Gasteiger partial charge is 0.414 e. The third-order valence-electron chi connectivity index (χ3n) is 4.71. The van der Waals surface area contributed by atoms with Crippen LogP contribution in [0.5, 0.6) is 5.75 Å². The van der Waals surface area contributed by atoms with Crippen LogP contribution >= 0.6 is 11.6 Å². The van der Waals surface area contributed by atoms with Gasteiger partial charge in [-0.05, 0) is 48.9 Å². The predicted molar refractivity (Wildman–Crippen MR) is 117 cm³/mol. The van der Waals surface area contributed by atoms with Gasteiger partial charge in [0.05, 0.1) is 13.2 Å². The number of aliphatic carboxylic acids is 2. The number of piperidine rings is 1. The molecule has 170 valence electrons. The van der Waals surface area contributed by atoms with E-state index in [9.17, 15) is 0 Å². The van der Waals surface area contributed by atoms with Crippen LogP contribution in [0.15, 0.2) is 18.2 Å². The third-order valence-corrected chi connectivity index (χ3v) is 4.95. The molecule has 2 N–H and O–H groups in total. The summed E-state index contributed by atoms with van der Waals surface area (Å²) in [6.45, 7) is 14.3. The first kappa shape index (κ1) is 26.2. The highest BCUT2D eigenvalue weighted by atomic mass is 35.5. The summed E-state index contributed by atoms with van der Waals surface area (Å²) in [6, 6.07) is 5.83. The molecule has 1 aliphatic rings. The van der Waals surface area contributed by atoms with Crippen molar-refractivity contribution in [3.63, 3.8) is 0 Å². The maximum atomic E-state index is 9.10. The summed E-state index contributed by atoms with van der Waals surface area (Å²) in [5.41, 5.74) is 1.14. The molecule has 1 saturated heterocycles. The van der Waals surface area contributed by atoms with Gasteiger partial charge in [-0.1, -0.05) is 39.3 Å². The number of likely N-dealkylation sites (tertiary alicyclic amines) is 1. The van der Waals surface area contributed by atoms with Gasteiger partial charge in [0.15, 0.2) is 0 Å². The summed E-state index contributed by atoms with van der Waals surface area (Å²) in [7, 11) is 0. The Morgan fingerprint density at radius 3 is 2.40 bits per heavy atom. The fourth-order valence-corrected chi connectivity index (χ4v) is 3.38. The van der Waals surface area contributed by atoms with Gasteiger partial charge in [-0.2, -0.15) is 0 Å². The Labute approximate surface area is 183 Å². The molecule has 1 heterocycles. The second-order valence-corrected chi connectivity index (χ2v) is 8.95. The van der Waals surface area contributed by atoms with Gasteiger partial charge in [-0.3, -0.25) is 0 Å². The van der Waals surface area contributed by atoms with Gasteiger partial charge >= 0.3 is 11.9 Å². The summed E-state index contributed by atoms with van der Waals surface area (Å²) in [5, 5.41) is 15.5. The van der Waals surface area contributed by atoms with Crippen molar-refractivity contribution in [1.29, 1.82) is 0 Å². The Morgan fingerprint density at radius 1 is 1.17 bits per heavy atom. The molecule has 2 rings (SSSR count). The van der Waals surface area contributed by atoms with Gasteiger partial charge in [0, 0.05) is 23.7 Å². The summed E-state index contributed by atoms with van der Waals surface area (Å²) in [6.07, 6.45) is 2.68. The Bertz CT molecular complexity index is 677. The molecule has 1 atom stereocenters. The molecule has 1 aliphatic heterocycles. The van der Waals surface area contributed by atoms with Crippen molar-refractivity contribution in [3.8, 4) is 5.75 Å². The number of halogens is 1. The molecule has 0 saturated carbocycles. The van der Waals surface area contributed by atoms with Crippen molar-refractivity contribution in [1.82, 2.24) is 4.90 Å². The molecule has 1 fully saturated rings. The van der Waals surface area contributed by atoms with Crippen molar-refractivity contribution in [3.05, 3.63) is 28.8 Å². The second kappa shape index (κ2) is 12.8. The molecule has 1 aromatic rings. The van der Waals surface area contributed by atoms with Crippen molar-refractivity contribution in [2.24, 2.45) is 5.92 Å². The summed E-state index contributed by atoms with van der Waals surface area (Å²) < 4.78 is 11.7. The Hall–Kier alpha value is -1.83. The normalized spacial score (nSPS) is 17.0. The first-order valence-corrected chi connectivity index (χ1v) is 10.6. The van der Waals surface area contributed by atoms with E-state index < -0.39 is 11.9 Å². The Balaban J connectivity index is 0.000000656. The molecule has 1 unspecified atom stereocenters. The zero-order chi connectivity index (χ0) is 22.7. The van der Waals surface area contributed by atoms with E-state index in [0.717, 1.165) is 35.4 Å². The van der Waals surface area contributed by atoms with Gasteiger partial charge in [-0.15, -0.1) is 0 Å². The van der Waals surface area contributed by atoms with Crippen LogP contribution < -0.4 is 4.74 Å². The molecule has 0 aromatic heterocycles. The lowest BCUT2D eigenvalue weighted by Crippen LogP contribution is -2.36. The first-order valence-electron chi connectivity index (χ1n) is 10.2. The molecule has 8 heteroatoms. The SMILES string of the molecule is CC1CCCN(CCOCCOc2ccc(Cl)cc2C(C)(C)C)C1.O=C(O)C(=O)O. The number of hydrogen-bond donors (Lipinski definition) is 2. The van der Waals surface area contributed by atoms with Crippen LogP contribution in [0.25, 0.3) is 0 Å². The number of nitrogens with zero attached hydrogens (tertiary/aromatic N) is 1. The molecular weight excluding hydrogens is 410 g/mol. The second-order valence-electron chi connectivity index (χ2n) is 8.51. The van der Waals surface area contributed by atoms with E-state index >= 15 is 0 Å². The van der Waals surface area contributed by atoms with Gasteiger partial charge in [-0.25, -0.2) is 9.59 Å². The predicted octanol–water partition coefficient (Wildman–Crippen LogP) is 3.92. The molecular formula is C22H34ClNO6. The fraction of sp³-hybridized carbons (Fsp3) is 0.636. The van der Waals surface area contributed by atoms with Crippen molar-refractivity contribution in [2.75, 3.05) is 39.5 Å². The van der Waals surface area contributed by atoms with E-state index in [1.165, 1.54) is 25.9 Å². The zero-order valence-electron chi connectivity index (χ0n) is 18.3. The number of carbonyl (C=O) groups is 2. The molecule has 7 nitrogen and oxygen atoms in total. The maximum absolute atomic E-state index is 9.10. The highest BCUT2D eigenvalue weighted by Crippen LogP contribution is 2.33. The molecule has 0 amide bonds. The van der Waals surface area contributed by atoms with Crippen LogP contribution in [0.2, 0.25) is 5.02 Å². The van der Waals surface area contributed by atoms with Crippen LogP contribution in [0.1, 0.15) is 46.1 Å². The summed E-state index contributed by atoms with van der Waals surface area (Å²) in [4.78, 5) is 20.7. The molecule has 1 aromatic carbocycles. The molecule has 0 spiro atoms. The molecule has 0 aliphatic carbocycles. The Morgan fingerprint density at radius 2 is 1.83 bits per heavy atom. The highest BCUT2D eigenvalue weighted by Gasteiger charge is 2.19. The highest BCUT2D eigenvalue weighted by molar-refractivity contribution is 6.30. The maximum Gasteiger partial charge on any atom is 0.414 e. The van der Waals surface area contributed by atoms with Crippen LogP contribution in [0.4, 0.5) is 0 Å². The number of carboxylic acid groups (broad SMARTS) is 2. The Kier molecular flexibility index (Phi) is 11.2. The average molecular weight is 444 g/mol. The van der Waals surface area contributed by atoms with E-state index in [1.807, 2.05) is 18.2 Å². The number of hydrogen-bond acceptors (Lipinski definition) is 5. The fourth-order valence-electron chi connectivity index (χ4n) is 3.21. The van der Waals surface area contributed by atoms with Gasteiger partial charge in [0.25, 0.3) is 0 Å². The minimum atomic E-state index is -1.82. The largest absolute Gasteiger partial charge is 0.491 e. The van der Waals surface area contributed by atoms with Crippen molar-refractivity contribution >= 4 is 23.5 Å². The van der Waals surface area contributed by atoms with E-state index in [-0.39, 0.29) is 5.41 Å². The minimum Gasteiger partial charge on any atom is -0.491 e. The van der Waals surface area contributed by atoms with Crippen molar-refractivity contribution in [2.45, 2.75) is 46.0 Å². The minimum absolute atomic E-state index is 0.00600. The van der Waals surface area contributed by atoms with E-state index in [4.69, 9.17) is 40.9 Å². The van der Waals surface area contributed by atoms with Crippen LogP contribution in [0, 0.1) is 5.92 Å². The summed E-state index contributed by atoms with van der Waals surface area (Å²) in [5.74, 6) is -1.92. The van der Waals surface area contributed by atoms with Crippen LogP contribution in [-0.4, -0.2) is 66.5 Å². The lowest BCUT2D eigenvalue weighted by atomic mass is 9.86. The van der Waals surface area contributed by atoms with E-state index in [0.29, 0.717) is 13.2 Å². The molecule has 30 heavy (non-hydrogen) atoms. The van der Waals surface area contributed by atoms with E-state index in [1.54, 1.807) is 0 Å². The standard InChI is InChI=1S/C20H32ClNO2.C2H2O4/c1-16-6-5-9-22(15-16)10-11-23-12-13-24-19-8-7-17(21)14-18(19)20(2,3)4;3-1(4)2(5)6/h7-8,14,16H,5-6,9-13,15H2,1-4H3;(H,3,4)(H,5,6). The third kappa shape index (κ3) is 10.3. The van der Waals surface area contributed by atoms with Crippen LogP contribution in [0.3, 0.4) is 0 Å². The summed E-state index contributed by atoms with van der Waals surface area (Å²) >= 11 is 6.12. The monoisotopic (exact) mass is 443 g/mol. The number of rotatable bonds is 7. The van der Waals surface area contributed by atoms with Gasteiger partial charge in [0.1, 0.15) is 12.4 Å². The molecule has 0 bridgehead atoms. The number of carboxylic acids is 2. The number of benzene rings is 1. The quantitative estimate of drug-likeness (QED) is 0.487. The van der Waals surface area contributed by atoms with E-state index in [2.05, 4.69) is 32.6 Å². The lowest BCUT2D eigenvalue weighted by molar-refractivity contribution is -0.159. The molecule has 0 radical (unpaired) electrons. The topological polar surface area (TPSA) is 96.3 Å². The number of ether oxygens (including phenoxy) is 2. The zero-order valence-corrected chi connectivity index (χ0v) is 19.1. The lowest BCUT2D eigenvalue weighted by Gasteiger charge is -2.30. The average Bonchev–Trinajstić information content (AvgIpc) is 2.65. The van der Waals surface area contributed by atoms with Crippen LogP contribution in [-0.2, 0) is 19.7 Å². The van der Waals surface area contributed by atoms with Gasteiger partial charge < -0.3 is 24.6 Å². The van der Waals surface area contributed by atoms with Crippen molar-refractivity contribution < 1.29 is 29.3 Å². The van der Waals surface area contributed by atoms with Gasteiger partial charge in [0.2, 0.25) is 0 Å².